The maximum Gasteiger partial charge on any atom is 0.320 e. The third kappa shape index (κ3) is 2.83. The predicted molar refractivity (Wildman–Crippen MR) is 85.5 cm³/mol. The lowest BCUT2D eigenvalue weighted by molar-refractivity contribution is 0.252. The number of nitrogen functional groups attached to an aromatic ring is 1. The number of urea groups is 1. The first-order valence-corrected chi connectivity index (χ1v) is 6.91. The summed E-state index contributed by atoms with van der Waals surface area (Å²) in [6.07, 6.45) is 5.37. The van der Waals surface area contributed by atoms with Crippen molar-refractivity contribution in [3.8, 4) is 11.1 Å². The second kappa shape index (κ2) is 5.72. The van der Waals surface area contributed by atoms with E-state index < -0.39 is 0 Å². The first-order valence-electron chi connectivity index (χ1n) is 6.91. The third-order valence-electron chi connectivity index (χ3n) is 3.16. The number of fused-ring (bicyclic) bond motifs is 1. The quantitative estimate of drug-likeness (QED) is 0.689. The molecule has 0 spiro atoms. The van der Waals surface area contributed by atoms with E-state index in [0.717, 1.165) is 16.8 Å². The zero-order valence-electron chi connectivity index (χ0n) is 12.1. The van der Waals surface area contributed by atoms with Gasteiger partial charge in [0.15, 0.2) is 5.82 Å². The molecule has 0 aromatic carbocycles. The van der Waals surface area contributed by atoms with E-state index in [1.54, 1.807) is 18.5 Å². The van der Waals surface area contributed by atoms with Crippen molar-refractivity contribution in [1.29, 1.82) is 0 Å². The Morgan fingerprint density at radius 2 is 2.18 bits per heavy atom. The molecule has 7 nitrogen and oxygen atoms in total. The molecule has 0 bridgehead atoms. The van der Waals surface area contributed by atoms with E-state index in [9.17, 15) is 4.79 Å². The maximum atomic E-state index is 11.5. The van der Waals surface area contributed by atoms with Gasteiger partial charge in [-0.15, -0.1) is 0 Å². The largest absolute Gasteiger partial charge is 0.384 e. The Bertz CT molecular complexity index is 809. The number of hydrogen-bond acceptors (Lipinski definition) is 4. The number of imidazole rings is 1. The summed E-state index contributed by atoms with van der Waals surface area (Å²) in [6.45, 7) is 2.42. The van der Waals surface area contributed by atoms with E-state index in [4.69, 9.17) is 5.73 Å². The minimum atomic E-state index is -0.270. The molecule has 0 fully saturated rings. The number of nitrogens with zero attached hydrogens (tertiary/aromatic N) is 3. The Morgan fingerprint density at radius 3 is 2.91 bits per heavy atom. The van der Waals surface area contributed by atoms with Gasteiger partial charge in [0, 0.05) is 24.5 Å². The molecule has 3 aromatic rings. The molecule has 3 rings (SSSR count). The van der Waals surface area contributed by atoms with E-state index in [2.05, 4.69) is 20.6 Å². The smallest absolute Gasteiger partial charge is 0.320 e. The Kier molecular flexibility index (Phi) is 3.61. The zero-order chi connectivity index (χ0) is 15.5. The minimum Gasteiger partial charge on any atom is -0.384 e. The molecular formula is C15H16N6O. The van der Waals surface area contributed by atoms with Crippen LogP contribution in [-0.2, 0) is 0 Å². The second-order valence-electron chi connectivity index (χ2n) is 4.76. The van der Waals surface area contributed by atoms with Gasteiger partial charge in [0.2, 0.25) is 0 Å². The number of anilines is 2. The molecule has 4 N–H and O–H groups in total. The van der Waals surface area contributed by atoms with Crippen LogP contribution in [0, 0.1) is 0 Å². The Hall–Kier alpha value is -3.09. The first-order chi connectivity index (χ1) is 10.7. The lowest BCUT2D eigenvalue weighted by atomic mass is 10.1. The Morgan fingerprint density at radius 1 is 1.32 bits per heavy atom. The number of hydrogen-bond donors (Lipinski definition) is 3. The number of rotatable bonds is 3. The van der Waals surface area contributed by atoms with E-state index >= 15 is 0 Å². The summed E-state index contributed by atoms with van der Waals surface area (Å²) < 4.78 is 1.84. The molecular weight excluding hydrogens is 280 g/mol. The fraction of sp³-hybridized carbons (Fsp3) is 0.133. The van der Waals surface area contributed by atoms with Crippen LogP contribution < -0.4 is 16.4 Å². The molecule has 3 aromatic heterocycles. The van der Waals surface area contributed by atoms with Gasteiger partial charge in [-0.3, -0.25) is 5.32 Å². The predicted octanol–water partition coefficient (Wildman–Crippen LogP) is 2.12. The molecule has 0 aliphatic rings. The van der Waals surface area contributed by atoms with Gasteiger partial charge in [0.05, 0.1) is 6.20 Å². The highest BCUT2D eigenvalue weighted by atomic mass is 16.2. The van der Waals surface area contributed by atoms with Crippen LogP contribution in [0.5, 0.6) is 0 Å². The second-order valence-corrected chi connectivity index (χ2v) is 4.76. The number of amides is 2. The molecule has 0 aliphatic heterocycles. The molecule has 0 radical (unpaired) electrons. The summed E-state index contributed by atoms with van der Waals surface area (Å²) >= 11 is 0. The van der Waals surface area contributed by atoms with Crippen LogP contribution in [0.15, 0.2) is 42.9 Å². The SMILES string of the molecule is CCNC(=O)Nc1cn2ccc(-c3ccc(N)nc3)cc2n1. The Labute approximate surface area is 127 Å². The van der Waals surface area contributed by atoms with Gasteiger partial charge in [0.1, 0.15) is 11.5 Å². The summed E-state index contributed by atoms with van der Waals surface area (Å²) in [7, 11) is 0. The van der Waals surface area contributed by atoms with Gasteiger partial charge >= 0.3 is 6.03 Å². The molecule has 3 heterocycles. The lowest BCUT2D eigenvalue weighted by Gasteiger charge is -2.02. The lowest BCUT2D eigenvalue weighted by Crippen LogP contribution is -2.28. The van der Waals surface area contributed by atoms with Crippen molar-refractivity contribution in [3.63, 3.8) is 0 Å². The van der Waals surface area contributed by atoms with Crippen molar-refractivity contribution in [2.75, 3.05) is 17.6 Å². The van der Waals surface area contributed by atoms with Crippen LogP contribution in [-0.4, -0.2) is 26.9 Å². The third-order valence-corrected chi connectivity index (χ3v) is 3.16. The van der Waals surface area contributed by atoms with Crippen LogP contribution in [0.1, 0.15) is 6.92 Å². The molecule has 2 amide bonds. The number of carbonyl (C=O) groups is 1. The Balaban J connectivity index is 1.90. The topological polar surface area (TPSA) is 97.3 Å². The molecule has 0 saturated carbocycles. The van der Waals surface area contributed by atoms with Gasteiger partial charge in [-0.25, -0.2) is 14.8 Å². The number of nitrogens with two attached hydrogens (primary N) is 1. The molecule has 22 heavy (non-hydrogen) atoms. The van der Waals surface area contributed by atoms with E-state index in [1.807, 2.05) is 35.7 Å². The monoisotopic (exact) mass is 296 g/mol. The van der Waals surface area contributed by atoms with Crippen molar-refractivity contribution in [2.24, 2.45) is 0 Å². The molecule has 0 aliphatic carbocycles. The highest BCUT2D eigenvalue weighted by molar-refractivity contribution is 5.88. The average Bonchev–Trinajstić information content (AvgIpc) is 2.89. The molecule has 0 saturated heterocycles. The fourth-order valence-electron chi connectivity index (χ4n) is 2.12. The van der Waals surface area contributed by atoms with Gasteiger partial charge in [-0.1, -0.05) is 0 Å². The van der Waals surface area contributed by atoms with Gasteiger partial charge in [-0.2, -0.15) is 0 Å². The molecule has 0 atom stereocenters. The van der Waals surface area contributed by atoms with E-state index in [0.29, 0.717) is 18.2 Å². The van der Waals surface area contributed by atoms with Crippen molar-refractivity contribution < 1.29 is 4.79 Å². The normalized spacial score (nSPS) is 10.6. The zero-order valence-corrected chi connectivity index (χ0v) is 12.1. The summed E-state index contributed by atoms with van der Waals surface area (Å²) in [6, 6.07) is 7.28. The van der Waals surface area contributed by atoms with Crippen LogP contribution in [0.25, 0.3) is 16.8 Å². The van der Waals surface area contributed by atoms with Gasteiger partial charge < -0.3 is 15.5 Å². The number of nitrogens with one attached hydrogen (secondary N) is 2. The van der Waals surface area contributed by atoms with Crippen LogP contribution in [0.2, 0.25) is 0 Å². The van der Waals surface area contributed by atoms with Crippen molar-refractivity contribution in [3.05, 3.63) is 42.9 Å². The average molecular weight is 296 g/mol. The summed E-state index contributed by atoms with van der Waals surface area (Å²) in [5, 5.41) is 5.35. The van der Waals surface area contributed by atoms with Crippen molar-refractivity contribution in [1.82, 2.24) is 19.7 Å². The maximum absolute atomic E-state index is 11.5. The minimum absolute atomic E-state index is 0.270. The molecule has 112 valence electrons. The van der Waals surface area contributed by atoms with Gasteiger partial charge in [-0.05, 0) is 36.8 Å². The van der Waals surface area contributed by atoms with Crippen molar-refractivity contribution >= 4 is 23.3 Å². The van der Waals surface area contributed by atoms with Crippen LogP contribution >= 0.6 is 0 Å². The van der Waals surface area contributed by atoms with Gasteiger partial charge in [0.25, 0.3) is 0 Å². The fourth-order valence-corrected chi connectivity index (χ4v) is 2.12. The number of aromatic nitrogens is 3. The summed E-state index contributed by atoms with van der Waals surface area (Å²) in [5.74, 6) is 0.984. The van der Waals surface area contributed by atoms with E-state index in [-0.39, 0.29) is 6.03 Å². The van der Waals surface area contributed by atoms with Crippen LogP contribution in [0.4, 0.5) is 16.4 Å². The summed E-state index contributed by atoms with van der Waals surface area (Å²) in [5.41, 5.74) is 8.27. The first kappa shape index (κ1) is 13.9. The molecule has 0 unspecified atom stereocenters. The standard InChI is InChI=1S/C15H16N6O/c1-2-17-15(22)20-13-9-21-6-5-10(7-14(21)19-13)11-3-4-12(16)18-8-11/h3-9H,2H2,1H3,(H2,16,18)(H2,17,20,22). The van der Waals surface area contributed by atoms with E-state index in [1.165, 1.54) is 0 Å². The molecule has 7 heteroatoms. The summed E-state index contributed by atoms with van der Waals surface area (Å²) in [4.78, 5) is 20.0. The van der Waals surface area contributed by atoms with Crippen LogP contribution in [0.3, 0.4) is 0 Å². The highest BCUT2D eigenvalue weighted by Crippen LogP contribution is 2.21. The number of pyridine rings is 2. The van der Waals surface area contributed by atoms with Crippen molar-refractivity contribution in [2.45, 2.75) is 6.92 Å². The number of carbonyl (C=O) groups excluding carboxylic acids is 1. The highest BCUT2D eigenvalue weighted by Gasteiger charge is 2.06.